The molecule has 0 aliphatic carbocycles. The number of rotatable bonds is 7. The Morgan fingerprint density at radius 2 is 1.78 bits per heavy atom. The molecule has 162 valence electrons. The van der Waals surface area contributed by atoms with E-state index in [-0.39, 0.29) is 6.79 Å². The highest BCUT2D eigenvalue weighted by atomic mass is 16.7. The first-order valence-corrected chi connectivity index (χ1v) is 9.90. The Hall–Kier alpha value is -4.26. The molecule has 1 aliphatic rings. The van der Waals surface area contributed by atoms with Crippen molar-refractivity contribution in [1.29, 1.82) is 0 Å². The summed E-state index contributed by atoms with van der Waals surface area (Å²) in [5, 5.41) is 2.77. The van der Waals surface area contributed by atoms with Gasteiger partial charge in [-0.1, -0.05) is 42.5 Å². The van der Waals surface area contributed by atoms with Crippen molar-refractivity contribution >= 4 is 23.6 Å². The van der Waals surface area contributed by atoms with Crippen molar-refractivity contribution in [3.8, 4) is 17.2 Å². The highest BCUT2D eigenvalue weighted by Gasteiger charge is 2.24. The van der Waals surface area contributed by atoms with Crippen LogP contribution < -0.4 is 19.5 Å². The number of methoxy groups -OCH3 is 1. The Morgan fingerprint density at radius 3 is 2.59 bits per heavy atom. The van der Waals surface area contributed by atoms with Crippen LogP contribution in [0, 0.1) is 0 Å². The second kappa shape index (κ2) is 9.70. The summed E-state index contributed by atoms with van der Waals surface area (Å²) >= 11 is 0. The quantitative estimate of drug-likeness (QED) is 0.442. The van der Waals surface area contributed by atoms with Gasteiger partial charge < -0.3 is 24.3 Å². The van der Waals surface area contributed by atoms with Crippen molar-refractivity contribution in [3.05, 3.63) is 90.0 Å². The van der Waals surface area contributed by atoms with Crippen LogP contribution in [0.15, 0.2) is 78.9 Å². The summed E-state index contributed by atoms with van der Waals surface area (Å²) in [5.74, 6) is 0.734. The van der Waals surface area contributed by atoms with Gasteiger partial charge in [0.1, 0.15) is 5.75 Å². The van der Waals surface area contributed by atoms with Crippen LogP contribution in [-0.2, 0) is 14.3 Å². The molecule has 7 nitrogen and oxygen atoms in total. The number of hydrogen-bond donors (Lipinski definition) is 1. The molecule has 1 amide bonds. The third-order valence-corrected chi connectivity index (χ3v) is 4.72. The molecule has 0 fully saturated rings. The number of amides is 1. The predicted octanol–water partition coefficient (Wildman–Crippen LogP) is 4.36. The number of benzene rings is 3. The standard InChI is InChI=1S/C25H21NO6/c1-29-20-9-5-8-19(15-20)26-25(28)24(18-6-3-2-4-7-18)32-23(27)13-11-17-10-12-21-22(14-17)31-16-30-21/h2-15,24H,16H2,1H3,(H,26,28)/b13-11+/t24-/m1/s1. The fourth-order valence-electron chi connectivity index (χ4n) is 3.15. The molecule has 3 aromatic rings. The summed E-state index contributed by atoms with van der Waals surface area (Å²) in [6.07, 6.45) is 1.73. The molecule has 0 radical (unpaired) electrons. The molecular weight excluding hydrogens is 410 g/mol. The van der Waals surface area contributed by atoms with E-state index in [0.29, 0.717) is 28.5 Å². The normalized spacial score (nSPS) is 12.9. The van der Waals surface area contributed by atoms with Gasteiger partial charge in [0, 0.05) is 23.4 Å². The number of hydrogen-bond acceptors (Lipinski definition) is 6. The molecule has 1 heterocycles. The second-order valence-electron chi connectivity index (χ2n) is 6.89. The first kappa shape index (κ1) is 21.0. The Morgan fingerprint density at radius 1 is 0.969 bits per heavy atom. The van der Waals surface area contributed by atoms with Crippen LogP contribution in [0.4, 0.5) is 5.69 Å². The molecule has 4 rings (SSSR count). The van der Waals surface area contributed by atoms with Crippen molar-refractivity contribution in [1.82, 2.24) is 0 Å². The van der Waals surface area contributed by atoms with Crippen molar-refractivity contribution in [2.45, 2.75) is 6.10 Å². The molecule has 1 atom stereocenters. The largest absolute Gasteiger partial charge is 0.497 e. The van der Waals surface area contributed by atoms with Gasteiger partial charge in [-0.25, -0.2) is 4.79 Å². The fourth-order valence-corrected chi connectivity index (χ4v) is 3.15. The van der Waals surface area contributed by atoms with E-state index in [0.717, 1.165) is 5.56 Å². The van der Waals surface area contributed by atoms with E-state index in [1.54, 1.807) is 79.9 Å². The van der Waals surface area contributed by atoms with Gasteiger partial charge in [0.15, 0.2) is 11.5 Å². The van der Waals surface area contributed by atoms with E-state index < -0.39 is 18.0 Å². The van der Waals surface area contributed by atoms with E-state index in [9.17, 15) is 9.59 Å². The van der Waals surface area contributed by atoms with Gasteiger partial charge in [-0.3, -0.25) is 4.79 Å². The van der Waals surface area contributed by atoms with Crippen LogP contribution in [0.3, 0.4) is 0 Å². The van der Waals surface area contributed by atoms with Gasteiger partial charge in [0.05, 0.1) is 7.11 Å². The molecule has 0 unspecified atom stereocenters. The number of esters is 1. The summed E-state index contributed by atoms with van der Waals surface area (Å²) in [6.45, 7) is 0.172. The second-order valence-corrected chi connectivity index (χ2v) is 6.89. The minimum absolute atomic E-state index is 0.172. The zero-order valence-electron chi connectivity index (χ0n) is 17.3. The average molecular weight is 431 g/mol. The van der Waals surface area contributed by atoms with E-state index in [4.69, 9.17) is 18.9 Å². The minimum atomic E-state index is -1.13. The number of nitrogens with one attached hydrogen (secondary N) is 1. The lowest BCUT2D eigenvalue weighted by Gasteiger charge is -2.17. The number of fused-ring (bicyclic) bond motifs is 1. The van der Waals surface area contributed by atoms with Gasteiger partial charge in [-0.05, 0) is 35.9 Å². The maximum atomic E-state index is 13.0. The highest BCUT2D eigenvalue weighted by Crippen LogP contribution is 2.32. The lowest BCUT2D eigenvalue weighted by molar-refractivity contribution is -0.149. The minimum Gasteiger partial charge on any atom is -0.497 e. The lowest BCUT2D eigenvalue weighted by Crippen LogP contribution is -2.25. The number of carbonyl (C=O) groups is 2. The van der Waals surface area contributed by atoms with Crippen LogP contribution >= 0.6 is 0 Å². The monoisotopic (exact) mass is 431 g/mol. The fraction of sp³-hybridized carbons (Fsp3) is 0.120. The van der Waals surface area contributed by atoms with E-state index in [1.807, 2.05) is 6.07 Å². The zero-order valence-corrected chi connectivity index (χ0v) is 17.3. The molecule has 7 heteroatoms. The SMILES string of the molecule is COc1cccc(NC(=O)[C@H](OC(=O)/C=C/c2ccc3c(c2)OCO3)c2ccccc2)c1. The van der Waals surface area contributed by atoms with E-state index >= 15 is 0 Å². The molecule has 32 heavy (non-hydrogen) atoms. The maximum Gasteiger partial charge on any atom is 0.331 e. The first-order chi connectivity index (χ1) is 15.6. The first-order valence-electron chi connectivity index (χ1n) is 9.90. The predicted molar refractivity (Wildman–Crippen MR) is 118 cm³/mol. The molecule has 0 bridgehead atoms. The number of carbonyl (C=O) groups excluding carboxylic acids is 2. The highest BCUT2D eigenvalue weighted by molar-refractivity contribution is 5.97. The summed E-state index contributed by atoms with van der Waals surface area (Å²) in [5.41, 5.74) is 1.82. The summed E-state index contributed by atoms with van der Waals surface area (Å²) in [7, 11) is 1.54. The van der Waals surface area contributed by atoms with Gasteiger partial charge in [-0.15, -0.1) is 0 Å². The van der Waals surface area contributed by atoms with E-state index in [1.165, 1.54) is 6.08 Å². The molecule has 1 aliphatic heterocycles. The molecule has 3 aromatic carbocycles. The van der Waals surface area contributed by atoms with Crippen LogP contribution in [0.2, 0.25) is 0 Å². The third kappa shape index (κ3) is 5.07. The molecule has 0 spiro atoms. The van der Waals surface area contributed by atoms with E-state index in [2.05, 4.69) is 5.32 Å². The Labute approximate surface area is 185 Å². The topological polar surface area (TPSA) is 83.1 Å². The average Bonchev–Trinajstić information content (AvgIpc) is 3.30. The summed E-state index contributed by atoms with van der Waals surface area (Å²) < 4.78 is 21.3. The lowest BCUT2D eigenvalue weighted by atomic mass is 10.1. The Bertz CT molecular complexity index is 1140. The molecule has 1 N–H and O–H groups in total. The van der Waals surface area contributed by atoms with Crippen molar-refractivity contribution in [3.63, 3.8) is 0 Å². The van der Waals surface area contributed by atoms with Crippen LogP contribution in [0.1, 0.15) is 17.2 Å². The van der Waals surface area contributed by atoms with Gasteiger partial charge >= 0.3 is 5.97 Å². The zero-order chi connectivity index (χ0) is 22.3. The van der Waals surface area contributed by atoms with Crippen molar-refractivity contribution in [2.24, 2.45) is 0 Å². The van der Waals surface area contributed by atoms with Gasteiger partial charge in [0.25, 0.3) is 5.91 Å². The summed E-state index contributed by atoms with van der Waals surface area (Å²) in [4.78, 5) is 25.5. The smallest absolute Gasteiger partial charge is 0.331 e. The Balaban J connectivity index is 1.49. The van der Waals surface area contributed by atoms with Crippen LogP contribution in [0.5, 0.6) is 17.2 Å². The molecule has 0 saturated heterocycles. The molecular formula is C25H21NO6. The molecule has 0 aromatic heterocycles. The van der Waals surface area contributed by atoms with Crippen LogP contribution in [-0.4, -0.2) is 25.8 Å². The number of anilines is 1. The van der Waals surface area contributed by atoms with Gasteiger partial charge in [-0.2, -0.15) is 0 Å². The maximum absolute atomic E-state index is 13.0. The third-order valence-electron chi connectivity index (χ3n) is 4.72. The molecule has 0 saturated carbocycles. The number of ether oxygens (including phenoxy) is 4. The Kier molecular flexibility index (Phi) is 6.36. The van der Waals surface area contributed by atoms with Crippen molar-refractivity contribution < 1.29 is 28.5 Å². The summed E-state index contributed by atoms with van der Waals surface area (Å²) in [6, 6.07) is 21.1. The van der Waals surface area contributed by atoms with Crippen LogP contribution in [0.25, 0.3) is 6.08 Å². The van der Waals surface area contributed by atoms with Gasteiger partial charge in [0.2, 0.25) is 12.9 Å². The van der Waals surface area contributed by atoms with Crippen molar-refractivity contribution in [2.75, 3.05) is 19.2 Å².